The van der Waals surface area contributed by atoms with E-state index in [0.29, 0.717) is 6.61 Å². The minimum atomic E-state index is 0.600. The molecule has 0 aliphatic rings. The Morgan fingerprint density at radius 3 is 3.08 bits per heavy atom. The molecule has 1 aromatic carbocycles. The lowest BCUT2D eigenvalue weighted by Gasteiger charge is -1.97. The fourth-order valence-corrected chi connectivity index (χ4v) is 2.46. The van der Waals surface area contributed by atoms with Crippen molar-refractivity contribution in [1.29, 1.82) is 0 Å². The monoisotopic (exact) mass is 191 g/mol. The highest BCUT2D eigenvalue weighted by Crippen LogP contribution is 2.27. The Balaban J connectivity index is 2.55. The van der Waals surface area contributed by atoms with Crippen molar-refractivity contribution in [1.82, 2.24) is 0 Å². The summed E-state index contributed by atoms with van der Waals surface area (Å²) >= 11 is 1.76. The van der Waals surface area contributed by atoms with Crippen LogP contribution in [0.4, 0.5) is 0 Å². The SMILES string of the molecule is [CH2]OCc1csc2cc(C)ccc12. The van der Waals surface area contributed by atoms with Crippen LogP contribution >= 0.6 is 11.3 Å². The average Bonchev–Trinajstić information content (AvgIpc) is 2.49. The van der Waals surface area contributed by atoms with Gasteiger partial charge in [0.15, 0.2) is 0 Å². The quantitative estimate of drug-likeness (QED) is 0.705. The maximum absolute atomic E-state index is 4.88. The lowest BCUT2D eigenvalue weighted by molar-refractivity contribution is 0.230. The minimum Gasteiger partial charge on any atom is -0.374 e. The molecule has 1 aromatic heterocycles. The van der Waals surface area contributed by atoms with Crippen molar-refractivity contribution >= 4 is 21.4 Å². The summed E-state index contributed by atoms with van der Waals surface area (Å²) in [7, 11) is 3.39. The molecule has 2 rings (SSSR count). The smallest absolute Gasteiger partial charge is 0.0732 e. The minimum absolute atomic E-state index is 0.600. The van der Waals surface area contributed by atoms with Crippen molar-refractivity contribution in [3.63, 3.8) is 0 Å². The fourth-order valence-electron chi connectivity index (χ4n) is 1.41. The molecule has 0 bridgehead atoms. The molecule has 2 heteroatoms. The van der Waals surface area contributed by atoms with Gasteiger partial charge in [0, 0.05) is 4.70 Å². The van der Waals surface area contributed by atoms with E-state index in [2.05, 4.69) is 37.6 Å². The van der Waals surface area contributed by atoms with Crippen molar-refractivity contribution < 1.29 is 4.74 Å². The van der Waals surface area contributed by atoms with Crippen LogP contribution in [0.5, 0.6) is 0 Å². The lowest BCUT2D eigenvalue weighted by atomic mass is 10.1. The molecule has 2 aromatic rings. The maximum atomic E-state index is 4.88. The van der Waals surface area contributed by atoms with Crippen LogP contribution in [0.1, 0.15) is 11.1 Å². The number of hydrogen-bond donors (Lipinski definition) is 0. The first-order valence-corrected chi connectivity index (χ1v) is 5.03. The first-order valence-electron chi connectivity index (χ1n) is 4.15. The zero-order chi connectivity index (χ0) is 9.26. The summed E-state index contributed by atoms with van der Waals surface area (Å²) in [4.78, 5) is 0. The van der Waals surface area contributed by atoms with Gasteiger partial charge in [-0.25, -0.2) is 0 Å². The molecule has 0 spiro atoms. The Morgan fingerprint density at radius 1 is 1.46 bits per heavy atom. The van der Waals surface area contributed by atoms with Gasteiger partial charge < -0.3 is 4.74 Å². The topological polar surface area (TPSA) is 9.23 Å². The predicted molar refractivity (Wildman–Crippen MR) is 56.7 cm³/mol. The average molecular weight is 191 g/mol. The molecule has 0 atom stereocenters. The van der Waals surface area contributed by atoms with E-state index in [-0.39, 0.29) is 0 Å². The van der Waals surface area contributed by atoms with Gasteiger partial charge in [0.25, 0.3) is 0 Å². The molecule has 0 saturated carbocycles. The molecule has 0 fully saturated rings. The van der Waals surface area contributed by atoms with Gasteiger partial charge in [0.05, 0.1) is 13.7 Å². The fraction of sp³-hybridized carbons (Fsp3) is 0.182. The second-order valence-electron chi connectivity index (χ2n) is 3.11. The van der Waals surface area contributed by atoms with E-state index >= 15 is 0 Å². The van der Waals surface area contributed by atoms with Crippen molar-refractivity contribution in [3.8, 4) is 0 Å². The summed E-state index contributed by atoms with van der Waals surface area (Å²) in [5, 5.41) is 3.43. The first kappa shape index (κ1) is 8.73. The van der Waals surface area contributed by atoms with E-state index in [9.17, 15) is 0 Å². The molecule has 13 heavy (non-hydrogen) atoms. The van der Waals surface area contributed by atoms with Crippen LogP contribution in [-0.4, -0.2) is 0 Å². The molecule has 0 unspecified atom stereocenters. The predicted octanol–water partition coefficient (Wildman–Crippen LogP) is 3.52. The van der Waals surface area contributed by atoms with Crippen LogP contribution in [0.25, 0.3) is 10.1 Å². The molecule has 1 nitrogen and oxygen atoms in total. The van der Waals surface area contributed by atoms with E-state index in [1.54, 1.807) is 11.3 Å². The van der Waals surface area contributed by atoms with Gasteiger partial charge in [-0.15, -0.1) is 11.3 Å². The van der Waals surface area contributed by atoms with E-state index in [1.165, 1.54) is 21.2 Å². The molecule has 1 radical (unpaired) electrons. The van der Waals surface area contributed by atoms with Crippen LogP contribution in [0.2, 0.25) is 0 Å². The normalized spacial score (nSPS) is 10.9. The third kappa shape index (κ3) is 1.60. The molecule has 0 saturated heterocycles. The van der Waals surface area contributed by atoms with Crippen molar-refractivity contribution in [3.05, 3.63) is 41.8 Å². The number of rotatable bonds is 2. The first-order chi connectivity index (χ1) is 6.31. The second-order valence-corrected chi connectivity index (χ2v) is 4.02. The zero-order valence-corrected chi connectivity index (χ0v) is 8.36. The molecule has 0 N–H and O–H groups in total. The van der Waals surface area contributed by atoms with Crippen molar-refractivity contribution in [2.75, 3.05) is 0 Å². The van der Waals surface area contributed by atoms with Gasteiger partial charge in [-0.1, -0.05) is 12.1 Å². The van der Waals surface area contributed by atoms with Crippen LogP contribution < -0.4 is 0 Å². The number of aryl methyl sites for hydroxylation is 1. The third-order valence-electron chi connectivity index (χ3n) is 2.07. The molecule has 0 aliphatic carbocycles. The van der Waals surface area contributed by atoms with Gasteiger partial charge in [-0.3, -0.25) is 0 Å². The highest BCUT2D eigenvalue weighted by molar-refractivity contribution is 7.17. The Bertz CT molecular complexity index is 417. The number of hydrogen-bond acceptors (Lipinski definition) is 2. The number of thiophene rings is 1. The van der Waals surface area contributed by atoms with E-state index < -0.39 is 0 Å². The Hall–Kier alpha value is -0.860. The Labute approximate surface area is 82.0 Å². The van der Waals surface area contributed by atoms with Gasteiger partial charge in [-0.05, 0) is 34.9 Å². The van der Waals surface area contributed by atoms with E-state index in [4.69, 9.17) is 4.74 Å². The highest BCUT2D eigenvalue weighted by atomic mass is 32.1. The number of fused-ring (bicyclic) bond motifs is 1. The molecule has 0 amide bonds. The van der Waals surface area contributed by atoms with Crippen LogP contribution in [0, 0.1) is 14.0 Å². The van der Waals surface area contributed by atoms with E-state index in [0.717, 1.165) is 0 Å². The standard InChI is InChI=1S/C11H11OS/c1-8-3-4-10-9(6-12-2)7-13-11(10)5-8/h3-5,7H,2,6H2,1H3. The Kier molecular flexibility index (Phi) is 2.34. The highest BCUT2D eigenvalue weighted by Gasteiger charge is 2.02. The van der Waals surface area contributed by atoms with Gasteiger partial charge >= 0.3 is 0 Å². The largest absolute Gasteiger partial charge is 0.374 e. The van der Waals surface area contributed by atoms with Crippen LogP contribution in [0.3, 0.4) is 0 Å². The summed E-state index contributed by atoms with van der Waals surface area (Å²) in [6.45, 7) is 2.71. The van der Waals surface area contributed by atoms with Gasteiger partial charge in [0.2, 0.25) is 0 Å². The second kappa shape index (κ2) is 3.48. The summed E-state index contributed by atoms with van der Waals surface area (Å²) in [5.41, 5.74) is 2.53. The van der Waals surface area contributed by atoms with Gasteiger partial charge in [-0.2, -0.15) is 0 Å². The van der Waals surface area contributed by atoms with E-state index in [1.807, 2.05) is 0 Å². The molecule has 0 aliphatic heterocycles. The summed E-state index contributed by atoms with van der Waals surface area (Å²) in [6.07, 6.45) is 0. The number of ether oxygens (including phenoxy) is 1. The Morgan fingerprint density at radius 2 is 2.31 bits per heavy atom. The van der Waals surface area contributed by atoms with Crippen LogP contribution in [-0.2, 0) is 11.3 Å². The van der Waals surface area contributed by atoms with Gasteiger partial charge in [0.1, 0.15) is 0 Å². The lowest BCUT2D eigenvalue weighted by Crippen LogP contribution is -1.82. The summed E-state index contributed by atoms with van der Waals surface area (Å²) in [5.74, 6) is 0. The van der Waals surface area contributed by atoms with Crippen molar-refractivity contribution in [2.24, 2.45) is 0 Å². The molecule has 67 valence electrons. The number of benzene rings is 1. The summed E-state index contributed by atoms with van der Waals surface area (Å²) < 4.78 is 6.21. The third-order valence-corrected chi connectivity index (χ3v) is 3.06. The zero-order valence-electron chi connectivity index (χ0n) is 7.54. The molecular formula is C11H11OS. The molecular weight excluding hydrogens is 180 g/mol. The maximum Gasteiger partial charge on any atom is 0.0732 e. The van der Waals surface area contributed by atoms with Crippen LogP contribution in [0.15, 0.2) is 23.6 Å². The summed E-state index contributed by atoms with van der Waals surface area (Å²) in [6, 6.07) is 6.48. The van der Waals surface area contributed by atoms with Crippen molar-refractivity contribution in [2.45, 2.75) is 13.5 Å². The molecule has 1 heterocycles.